The van der Waals surface area contributed by atoms with E-state index in [9.17, 15) is 19.7 Å². The van der Waals surface area contributed by atoms with E-state index >= 15 is 0 Å². The Bertz CT molecular complexity index is 1260. The van der Waals surface area contributed by atoms with Crippen molar-refractivity contribution in [3.05, 3.63) is 92.3 Å². The normalized spacial score (nSPS) is 10.9. The van der Waals surface area contributed by atoms with Gasteiger partial charge in [0.15, 0.2) is 0 Å². The highest BCUT2D eigenvalue weighted by Crippen LogP contribution is 2.24. The molecule has 0 fully saturated rings. The highest BCUT2D eigenvalue weighted by molar-refractivity contribution is 5.90. The van der Waals surface area contributed by atoms with E-state index < -0.39 is 16.8 Å². The molecule has 0 aliphatic carbocycles. The molecule has 3 rings (SSSR count). The number of rotatable bonds is 7. The fourth-order valence-electron chi connectivity index (χ4n) is 3.66. The number of carbonyl (C=O) groups excluding carboxylic acids is 2. The number of amides is 1. The Morgan fingerprint density at radius 1 is 1.15 bits per heavy atom. The third-order valence-corrected chi connectivity index (χ3v) is 5.26. The Morgan fingerprint density at radius 2 is 1.88 bits per heavy atom. The van der Waals surface area contributed by atoms with Crippen molar-refractivity contribution in [3.63, 3.8) is 0 Å². The van der Waals surface area contributed by atoms with Crippen LogP contribution in [0.5, 0.6) is 0 Å². The fourth-order valence-corrected chi connectivity index (χ4v) is 3.66. The monoisotopic (exact) mass is 448 g/mol. The summed E-state index contributed by atoms with van der Waals surface area (Å²) in [5.74, 6) is -0.849. The van der Waals surface area contributed by atoms with E-state index in [0.717, 1.165) is 28.2 Å². The number of nitrogens with one attached hydrogen (secondary N) is 1. The van der Waals surface area contributed by atoms with Crippen LogP contribution in [0.4, 0.5) is 5.69 Å². The molecule has 0 unspecified atom stereocenters. The quantitative estimate of drug-likeness (QED) is 0.255. The third kappa shape index (κ3) is 5.15. The number of nitro benzene ring substituents is 1. The van der Waals surface area contributed by atoms with Gasteiger partial charge in [-0.15, -0.1) is 0 Å². The molecule has 0 aliphatic heterocycles. The van der Waals surface area contributed by atoms with Crippen molar-refractivity contribution >= 4 is 23.8 Å². The van der Waals surface area contributed by atoms with Crippen LogP contribution >= 0.6 is 0 Å². The van der Waals surface area contributed by atoms with Crippen molar-refractivity contribution in [1.29, 1.82) is 0 Å². The number of benzene rings is 2. The number of hydrazone groups is 1. The number of esters is 1. The second-order valence-electron chi connectivity index (χ2n) is 7.51. The lowest BCUT2D eigenvalue weighted by Crippen LogP contribution is -2.20. The number of hydrogen-bond donors (Lipinski definition) is 1. The van der Waals surface area contributed by atoms with Crippen molar-refractivity contribution in [2.45, 2.75) is 27.2 Å². The maximum atomic E-state index is 12.2. The molecule has 1 heterocycles. The summed E-state index contributed by atoms with van der Waals surface area (Å²) in [7, 11) is 1.34. The molecule has 0 saturated heterocycles. The highest BCUT2D eigenvalue weighted by Gasteiger charge is 2.16. The molecular formula is C24H24N4O5. The number of ether oxygens (including phenoxy) is 1. The lowest BCUT2D eigenvalue weighted by Gasteiger charge is -2.13. The summed E-state index contributed by atoms with van der Waals surface area (Å²) in [6.45, 7) is 5.79. The van der Waals surface area contributed by atoms with Crippen LogP contribution in [-0.2, 0) is 16.0 Å². The van der Waals surface area contributed by atoms with Gasteiger partial charge in [0, 0.05) is 34.3 Å². The minimum atomic E-state index is -0.513. The SMILES string of the molecule is COC(=O)c1ccc(-n2c(C)cc(C=NNC(=O)Cc3ccccc3[N+](=O)[O-])c2C)c(C)c1. The van der Waals surface area contributed by atoms with Crippen molar-refractivity contribution in [3.8, 4) is 5.69 Å². The molecule has 9 nitrogen and oxygen atoms in total. The lowest BCUT2D eigenvalue weighted by atomic mass is 10.1. The second-order valence-corrected chi connectivity index (χ2v) is 7.51. The van der Waals surface area contributed by atoms with E-state index in [4.69, 9.17) is 4.74 Å². The molecule has 0 radical (unpaired) electrons. The summed E-state index contributed by atoms with van der Waals surface area (Å²) in [5.41, 5.74) is 7.59. The zero-order chi connectivity index (χ0) is 24.1. The van der Waals surface area contributed by atoms with E-state index in [1.165, 1.54) is 19.4 Å². The lowest BCUT2D eigenvalue weighted by molar-refractivity contribution is -0.385. The van der Waals surface area contributed by atoms with Crippen LogP contribution in [0, 0.1) is 30.9 Å². The predicted molar refractivity (Wildman–Crippen MR) is 124 cm³/mol. The smallest absolute Gasteiger partial charge is 0.337 e. The first-order valence-electron chi connectivity index (χ1n) is 10.2. The van der Waals surface area contributed by atoms with Gasteiger partial charge in [-0.3, -0.25) is 14.9 Å². The number of nitro groups is 1. The number of aryl methyl sites for hydroxylation is 2. The Hall–Kier alpha value is -4.27. The van der Waals surface area contributed by atoms with E-state index in [0.29, 0.717) is 11.1 Å². The molecule has 1 N–H and O–H groups in total. The molecule has 170 valence electrons. The van der Waals surface area contributed by atoms with E-state index in [1.807, 2.05) is 37.5 Å². The minimum absolute atomic E-state index is 0.103. The average molecular weight is 448 g/mol. The number of hydrogen-bond acceptors (Lipinski definition) is 6. The number of nitrogens with zero attached hydrogens (tertiary/aromatic N) is 3. The van der Waals surface area contributed by atoms with Crippen LogP contribution in [0.25, 0.3) is 5.69 Å². The summed E-state index contributed by atoms with van der Waals surface area (Å²) in [4.78, 5) is 34.6. The van der Waals surface area contributed by atoms with Gasteiger partial charge in [-0.25, -0.2) is 10.2 Å². The molecule has 0 spiro atoms. The molecule has 0 saturated carbocycles. The molecule has 9 heteroatoms. The molecule has 0 bridgehead atoms. The molecule has 3 aromatic rings. The summed E-state index contributed by atoms with van der Waals surface area (Å²) in [5, 5.41) is 15.1. The number of para-hydroxylation sites is 1. The topological polar surface area (TPSA) is 116 Å². The van der Waals surface area contributed by atoms with Gasteiger partial charge in [0.25, 0.3) is 5.69 Å². The average Bonchev–Trinajstić information content (AvgIpc) is 3.06. The van der Waals surface area contributed by atoms with Crippen molar-refractivity contribution in [1.82, 2.24) is 9.99 Å². The Balaban J connectivity index is 1.76. The number of carbonyl (C=O) groups is 2. The zero-order valence-corrected chi connectivity index (χ0v) is 18.8. The van der Waals surface area contributed by atoms with E-state index in [2.05, 4.69) is 10.5 Å². The van der Waals surface area contributed by atoms with Crippen LogP contribution in [-0.4, -0.2) is 34.7 Å². The fraction of sp³-hybridized carbons (Fsp3) is 0.208. The van der Waals surface area contributed by atoms with E-state index in [1.54, 1.807) is 30.3 Å². The molecule has 1 amide bonds. The first kappa shape index (κ1) is 23.4. The van der Waals surface area contributed by atoms with Gasteiger partial charge in [0.05, 0.1) is 30.2 Å². The van der Waals surface area contributed by atoms with Gasteiger partial charge >= 0.3 is 5.97 Å². The molecule has 33 heavy (non-hydrogen) atoms. The third-order valence-electron chi connectivity index (χ3n) is 5.26. The second kappa shape index (κ2) is 9.90. The molecule has 1 aromatic heterocycles. The summed E-state index contributed by atoms with van der Waals surface area (Å²) in [6, 6.07) is 13.4. The Morgan fingerprint density at radius 3 is 2.55 bits per heavy atom. The Kier molecular flexibility index (Phi) is 7.02. The summed E-state index contributed by atoms with van der Waals surface area (Å²) >= 11 is 0. The van der Waals surface area contributed by atoms with Gasteiger partial charge < -0.3 is 9.30 Å². The summed E-state index contributed by atoms with van der Waals surface area (Å²) in [6.07, 6.45) is 1.38. The highest BCUT2D eigenvalue weighted by atomic mass is 16.6. The van der Waals surface area contributed by atoms with Gasteiger partial charge in [-0.1, -0.05) is 18.2 Å². The first-order valence-corrected chi connectivity index (χ1v) is 10.2. The molecule has 0 aliphatic rings. The van der Waals surface area contributed by atoms with Crippen molar-refractivity contribution < 1.29 is 19.2 Å². The van der Waals surface area contributed by atoms with Gasteiger partial charge in [0.1, 0.15) is 0 Å². The van der Waals surface area contributed by atoms with Gasteiger partial charge in [0.2, 0.25) is 5.91 Å². The molecule has 0 atom stereocenters. The number of methoxy groups -OCH3 is 1. The first-order chi connectivity index (χ1) is 15.7. The zero-order valence-electron chi connectivity index (χ0n) is 18.8. The summed E-state index contributed by atoms with van der Waals surface area (Å²) < 4.78 is 6.81. The largest absolute Gasteiger partial charge is 0.465 e. The molecular weight excluding hydrogens is 424 g/mol. The maximum absolute atomic E-state index is 12.2. The van der Waals surface area contributed by atoms with Gasteiger partial charge in [-0.05, 0) is 50.6 Å². The van der Waals surface area contributed by atoms with Crippen LogP contribution in [0.1, 0.15) is 38.4 Å². The molecule has 2 aromatic carbocycles. The minimum Gasteiger partial charge on any atom is -0.465 e. The maximum Gasteiger partial charge on any atom is 0.337 e. The van der Waals surface area contributed by atoms with Gasteiger partial charge in [-0.2, -0.15) is 5.10 Å². The number of aromatic nitrogens is 1. The van der Waals surface area contributed by atoms with Crippen LogP contribution in [0.3, 0.4) is 0 Å². The van der Waals surface area contributed by atoms with Crippen LogP contribution in [0.2, 0.25) is 0 Å². The van der Waals surface area contributed by atoms with Crippen molar-refractivity contribution in [2.24, 2.45) is 5.10 Å². The van der Waals surface area contributed by atoms with E-state index in [-0.39, 0.29) is 12.1 Å². The van der Waals surface area contributed by atoms with Crippen LogP contribution in [0.15, 0.2) is 53.6 Å². The van der Waals surface area contributed by atoms with Crippen LogP contribution < -0.4 is 5.43 Å². The van der Waals surface area contributed by atoms with Crippen molar-refractivity contribution in [2.75, 3.05) is 7.11 Å². The standard InChI is InChI=1S/C24H24N4O5/c1-15-11-19(24(30)33-4)9-10-21(15)27-16(2)12-20(17(27)3)14-25-26-23(29)13-18-7-5-6-8-22(18)28(31)32/h5-12,14H,13H2,1-4H3,(H,26,29). The Labute approximate surface area is 190 Å². The predicted octanol–water partition coefficient (Wildman–Crippen LogP) is 3.79.